The zero-order valence-electron chi connectivity index (χ0n) is 14.2. The fourth-order valence-electron chi connectivity index (χ4n) is 4.02. The minimum absolute atomic E-state index is 0.893. The lowest BCUT2D eigenvalue weighted by Gasteiger charge is -2.06. The summed E-state index contributed by atoms with van der Waals surface area (Å²) in [5.74, 6) is 0. The molecule has 0 aliphatic carbocycles. The van der Waals surface area contributed by atoms with E-state index in [0.717, 1.165) is 59.5 Å². The lowest BCUT2D eigenvalue weighted by molar-refractivity contribution is 0.668. The Morgan fingerprint density at radius 2 is 1.11 bits per heavy atom. The summed E-state index contributed by atoms with van der Waals surface area (Å²) in [7, 11) is 0. The summed E-state index contributed by atoms with van der Waals surface area (Å²) in [6, 6.07) is 26.8. The minimum Gasteiger partial charge on any atom is -0.456 e. The molecule has 0 fully saturated rings. The zero-order chi connectivity index (χ0) is 18.0. The van der Waals surface area contributed by atoms with Crippen LogP contribution in [0.2, 0.25) is 0 Å². The quantitative estimate of drug-likeness (QED) is 0.274. The van der Waals surface area contributed by atoms with Gasteiger partial charge in [0.25, 0.3) is 0 Å². The van der Waals surface area contributed by atoms with Gasteiger partial charge in [-0.15, -0.1) is 0 Å². The van der Waals surface area contributed by atoms with E-state index in [4.69, 9.17) is 8.83 Å². The molecule has 6 aromatic rings. The normalized spacial score (nSPS) is 11.9. The molecule has 27 heavy (non-hydrogen) atoms. The fourth-order valence-corrected chi connectivity index (χ4v) is 4.38. The third kappa shape index (κ3) is 2.12. The van der Waals surface area contributed by atoms with Crippen LogP contribution in [0.3, 0.4) is 0 Å². The van der Waals surface area contributed by atoms with E-state index in [-0.39, 0.29) is 0 Å². The van der Waals surface area contributed by atoms with Gasteiger partial charge in [0.15, 0.2) is 0 Å². The van der Waals surface area contributed by atoms with E-state index in [2.05, 4.69) is 58.4 Å². The van der Waals surface area contributed by atoms with Crippen molar-refractivity contribution in [2.75, 3.05) is 0 Å². The molecule has 0 aliphatic heterocycles. The maximum atomic E-state index is 6.11. The van der Waals surface area contributed by atoms with Crippen molar-refractivity contribution in [3.63, 3.8) is 0 Å². The standard InChI is InChI=1S/C24H13BrO2/c25-14-11-12-20-18(13-14)24-16(7-4-10-22(24)27-20)15-6-3-9-21-23(15)17-5-1-2-8-19(17)26-21/h1-13H. The number of hydrogen-bond acceptors (Lipinski definition) is 2. The Bertz CT molecular complexity index is 1490. The molecule has 2 nitrogen and oxygen atoms in total. The van der Waals surface area contributed by atoms with Crippen molar-refractivity contribution in [1.82, 2.24) is 0 Å². The minimum atomic E-state index is 0.893. The molecular formula is C24H13BrO2. The summed E-state index contributed by atoms with van der Waals surface area (Å²) in [5, 5.41) is 4.52. The molecule has 3 heteroatoms. The monoisotopic (exact) mass is 412 g/mol. The van der Waals surface area contributed by atoms with Gasteiger partial charge >= 0.3 is 0 Å². The summed E-state index contributed by atoms with van der Waals surface area (Å²) in [6.45, 7) is 0. The predicted octanol–water partition coefficient (Wildman–Crippen LogP) is 7.91. The van der Waals surface area contributed by atoms with E-state index in [1.165, 1.54) is 0 Å². The molecule has 0 radical (unpaired) electrons. The third-order valence-electron chi connectivity index (χ3n) is 5.15. The van der Waals surface area contributed by atoms with Crippen LogP contribution in [-0.4, -0.2) is 0 Å². The van der Waals surface area contributed by atoms with Gasteiger partial charge in [-0.3, -0.25) is 0 Å². The zero-order valence-corrected chi connectivity index (χ0v) is 15.8. The summed E-state index contributed by atoms with van der Waals surface area (Å²) in [5.41, 5.74) is 5.91. The van der Waals surface area contributed by atoms with Gasteiger partial charge in [0.05, 0.1) is 0 Å². The first-order valence-corrected chi connectivity index (χ1v) is 9.60. The number of fused-ring (bicyclic) bond motifs is 6. The highest BCUT2D eigenvalue weighted by Gasteiger charge is 2.17. The molecule has 2 aromatic heterocycles. The molecule has 0 atom stereocenters. The van der Waals surface area contributed by atoms with E-state index >= 15 is 0 Å². The summed E-state index contributed by atoms with van der Waals surface area (Å²) in [6.07, 6.45) is 0. The van der Waals surface area contributed by atoms with Crippen molar-refractivity contribution in [3.05, 3.63) is 83.3 Å². The number of hydrogen-bond donors (Lipinski definition) is 0. The van der Waals surface area contributed by atoms with Crippen molar-refractivity contribution < 1.29 is 8.83 Å². The van der Waals surface area contributed by atoms with E-state index < -0.39 is 0 Å². The van der Waals surface area contributed by atoms with Gasteiger partial charge in [0.2, 0.25) is 0 Å². The summed E-state index contributed by atoms with van der Waals surface area (Å²) >= 11 is 3.59. The SMILES string of the molecule is Brc1ccc2oc3cccc(-c4cccc5oc6ccccc6c45)c3c2c1. The molecule has 0 amide bonds. The molecule has 4 aromatic carbocycles. The van der Waals surface area contributed by atoms with Crippen LogP contribution in [0.25, 0.3) is 55.0 Å². The van der Waals surface area contributed by atoms with Crippen LogP contribution in [0.15, 0.2) is 92.2 Å². The van der Waals surface area contributed by atoms with Gasteiger partial charge in [-0.25, -0.2) is 0 Å². The molecule has 2 heterocycles. The first kappa shape index (κ1) is 15.1. The van der Waals surface area contributed by atoms with Crippen LogP contribution < -0.4 is 0 Å². The maximum absolute atomic E-state index is 6.11. The predicted molar refractivity (Wildman–Crippen MR) is 114 cm³/mol. The molecule has 0 aliphatic rings. The van der Waals surface area contributed by atoms with E-state index in [1.54, 1.807) is 0 Å². The molecule has 0 unspecified atom stereocenters. The Morgan fingerprint density at radius 1 is 0.519 bits per heavy atom. The molecule has 0 spiro atoms. The van der Waals surface area contributed by atoms with Gasteiger partial charge < -0.3 is 8.83 Å². The van der Waals surface area contributed by atoms with Crippen LogP contribution in [0.5, 0.6) is 0 Å². The van der Waals surface area contributed by atoms with E-state index in [0.29, 0.717) is 0 Å². The third-order valence-corrected chi connectivity index (χ3v) is 5.64. The van der Waals surface area contributed by atoms with Crippen LogP contribution >= 0.6 is 15.9 Å². The Labute approximate surface area is 163 Å². The molecule has 0 saturated carbocycles. The topological polar surface area (TPSA) is 26.3 Å². The van der Waals surface area contributed by atoms with E-state index in [1.807, 2.05) is 36.4 Å². The summed E-state index contributed by atoms with van der Waals surface area (Å²) in [4.78, 5) is 0. The van der Waals surface area contributed by atoms with Crippen LogP contribution in [0.4, 0.5) is 0 Å². The smallest absolute Gasteiger partial charge is 0.136 e. The second-order valence-corrected chi connectivity index (χ2v) is 7.61. The van der Waals surface area contributed by atoms with Crippen LogP contribution in [-0.2, 0) is 0 Å². The Balaban J connectivity index is 1.81. The number of para-hydroxylation sites is 1. The number of furan rings is 2. The first-order chi connectivity index (χ1) is 13.3. The van der Waals surface area contributed by atoms with Gasteiger partial charge in [-0.1, -0.05) is 58.4 Å². The average molecular weight is 413 g/mol. The molecule has 0 saturated heterocycles. The van der Waals surface area contributed by atoms with Crippen molar-refractivity contribution >= 4 is 59.8 Å². The molecule has 0 bridgehead atoms. The van der Waals surface area contributed by atoms with Gasteiger partial charge in [-0.2, -0.15) is 0 Å². The number of halogens is 1. The molecule has 6 rings (SSSR count). The summed E-state index contributed by atoms with van der Waals surface area (Å²) < 4.78 is 13.2. The highest BCUT2D eigenvalue weighted by Crippen LogP contribution is 2.42. The van der Waals surface area contributed by atoms with E-state index in [9.17, 15) is 0 Å². The maximum Gasteiger partial charge on any atom is 0.136 e. The number of rotatable bonds is 1. The Hall–Kier alpha value is -3.04. The van der Waals surface area contributed by atoms with Crippen molar-refractivity contribution in [2.24, 2.45) is 0 Å². The van der Waals surface area contributed by atoms with Crippen LogP contribution in [0, 0.1) is 0 Å². The van der Waals surface area contributed by atoms with Gasteiger partial charge in [0.1, 0.15) is 22.3 Å². The average Bonchev–Trinajstić information content (AvgIpc) is 3.25. The van der Waals surface area contributed by atoms with Crippen molar-refractivity contribution in [2.45, 2.75) is 0 Å². The molecular weight excluding hydrogens is 400 g/mol. The lowest BCUT2D eigenvalue weighted by atomic mass is 9.95. The van der Waals surface area contributed by atoms with Gasteiger partial charge in [0, 0.05) is 26.0 Å². The lowest BCUT2D eigenvalue weighted by Crippen LogP contribution is -1.81. The Kier molecular flexibility index (Phi) is 3.06. The molecule has 128 valence electrons. The van der Waals surface area contributed by atoms with Crippen LogP contribution in [0.1, 0.15) is 0 Å². The molecule has 0 N–H and O–H groups in total. The highest BCUT2D eigenvalue weighted by molar-refractivity contribution is 9.10. The fraction of sp³-hybridized carbons (Fsp3) is 0. The number of benzene rings is 4. The largest absolute Gasteiger partial charge is 0.456 e. The first-order valence-electron chi connectivity index (χ1n) is 8.81. The van der Waals surface area contributed by atoms with Crippen molar-refractivity contribution in [3.8, 4) is 11.1 Å². The van der Waals surface area contributed by atoms with Crippen molar-refractivity contribution in [1.29, 1.82) is 0 Å². The Morgan fingerprint density at radius 3 is 1.85 bits per heavy atom. The second-order valence-electron chi connectivity index (χ2n) is 6.70. The van der Waals surface area contributed by atoms with Gasteiger partial charge in [-0.05, 0) is 47.5 Å². The highest BCUT2D eigenvalue weighted by atomic mass is 79.9. The second kappa shape index (κ2) is 5.48.